The summed E-state index contributed by atoms with van der Waals surface area (Å²) in [6, 6.07) is 3.56. The van der Waals surface area contributed by atoms with Crippen molar-refractivity contribution in [1.29, 1.82) is 0 Å². The third-order valence-corrected chi connectivity index (χ3v) is 2.64. The van der Waals surface area contributed by atoms with Crippen LogP contribution < -0.4 is 0 Å². The summed E-state index contributed by atoms with van der Waals surface area (Å²) in [6.07, 6.45) is 5.96. The zero-order chi connectivity index (χ0) is 11.4. The first-order valence-electron chi connectivity index (χ1n) is 5.44. The van der Waals surface area contributed by atoms with E-state index in [1.54, 1.807) is 29.4 Å². The van der Waals surface area contributed by atoms with Gasteiger partial charge in [-0.2, -0.15) is 0 Å². The minimum atomic E-state index is -0.380. The Kier molecular flexibility index (Phi) is 3.41. The number of rotatable bonds is 2. The Morgan fingerprint density at radius 2 is 2.50 bits per heavy atom. The standard InChI is InChI=1S/C12H15NO3/c14-10-3-1-7-13(9-10)12(15)6-5-11-4-2-8-16-11/h2,4-6,8,10,14H,1,3,7,9H2/b6-5+/t10-/m1/s1. The van der Waals surface area contributed by atoms with E-state index in [1.807, 2.05) is 0 Å². The molecule has 1 aliphatic rings. The van der Waals surface area contributed by atoms with E-state index in [2.05, 4.69) is 0 Å². The third kappa shape index (κ3) is 2.73. The van der Waals surface area contributed by atoms with E-state index in [0.717, 1.165) is 19.4 Å². The first kappa shape index (κ1) is 11.0. The normalized spacial score (nSPS) is 21.6. The second-order valence-corrected chi connectivity index (χ2v) is 3.93. The van der Waals surface area contributed by atoms with Crippen LogP contribution in [-0.4, -0.2) is 35.1 Å². The lowest BCUT2D eigenvalue weighted by molar-refractivity contribution is -0.128. The molecular formula is C12H15NO3. The fourth-order valence-electron chi connectivity index (χ4n) is 1.80. The number of aliphatic hydroxyl groups is 1. The summed E-state index contributed by atoms with van der Waals surface area (Å²) < 4.78 is 5.09. The van der Waals surface area contributed by atoms with Gasteiger partial charge in [-0.3, -0.25) is 4.79 Å². The molecule has 1 aromatic heterocycles. The first-order chi connectivity index (χ1) is 7.75. The van der Waals surface area contributed by atoms with Gasteiger partial charge in [-0.15, -0.1) is 0 Å². The lowest BCUT2D eigenvalue weighted by atomic mass is 10.1. The van der Waals surface area contributed by atoms with Crippen molar-refractivity contribution in [3.05, 3.63) is 30.2 Å². The minimum Gasteiger partial charge on any atom is -0.465 e. The molecular weight excluding hydrogens is 206 g/mol. The highest BCUT2D eigenvalue weighted by molar-refractivity contribution is 5.91. The number of nitrogens with zero attached hydrogens (tertiary/aromatic N) is 1. The van der Waals surface area contributed by atoms with Gasteiger partial charge in [0.05, 0.1) is 12.4 Å². The molecule has 0 saturated carbocycles. The number of amides is 1. The maximum Gasteiger partial charge on any atom is 0.246 e. The highest BCUT2D eigenvalue weighted by atomic mass is 16.3. The van der Waals surface area contributed by atoms with E-state index in [9.17, 15) is 9.90 Å². The molecule has 0 bridgehead atoms. The molecule has 1 fully saturated rings. The summed E-state index contributed by atoms with van der Waals surface area (Å²) in [4.78, 5) is 13.4. The molecule has 0 radical (unpaired) electrons. The zero-order valence-electron chi connectivity index (χ0n) is 9.00. The van der Waals surface area contributed by atoms with Crippen molar-refractivity contribution in [1.82, 2.24) is 4.90 Å². The molecule has 1 atom stereocenters. The number of furan rings is 1. The van der Waals surface area contributed by atoms with Crippen molar-refractivity contribution in [3.8, 4) is 0 Å². The summed E-state index contributed by atoms with van der Waals surface area (Å²) in [7, 11) is 0. The Bertz CT molecular complexity index is 370. The monoisotopic (exact) mass is 221 g/mol. The van der Waals surface area contributed by atoms with Gasteiger partial charge in [0.15, 0.2) is 0 Å². The topological polar surface area (TPSA) is 53.7 Å². The Morgan fingerprint density at radius 1 is 1.62 bits per heavy atom. The molecule has 1 saturated heterocycles. The maximum atomic E-state index is 11.7. The van der Waals surface area contributed by atoms with Crippen LogP contribution in [0.25, 0.3) is 6.08 Å². The minimum absolute atomic E-state index is 0.0739. The van der Waals surface area contributed by atoms with Crippen LogP contribution in [0.1, 0.15) is 18.6 Å². The van der Waals surface area contributed by atoms with Gasteiger partial charge in [-0.1, -0.05) is 0 Å². The lowest BCUT2D eigenvalue weighted by Gasteiger charge is -2.29. The van der Waals surface area contributed by atoms with Crippen LogP contribution in [0.5, 0.6) is 0 Å². The van der Waals surface area contributed by atoms with Crippen molar-refractivity contribution in [2.45, 2.75) is 18.9 Å². The van der Waals surface area contributed by atoms with Crippen molar-refractivity contribution < 1.29 is 14.3 Å². The number of piperidine rings is 1. The Hall–Kier alpha value is -1.55. The fraction of sp³-hybridized carbons (Fsp3) is 0.417. The number of hydrogen-bond donors (Lipinski definition) is 1. The number of hydrogen-bond acceptors (Lipinski definition) is 3. The Labute approximate surface area is 94.2 Å². The molecule has 2 rings (SSSR count). The van der Waals surface area contributed by atoms with Gasteiger partial charge < -0.3 is 14.4 Å². The largest absolute Gasteiger partial charge is 0.465 e. The highest BCUT2D eigenvalue weighted by Crippen LogP contribution is 2.11. The van der Waals surface area contributed by atoms with Crippen molar-refractivity contribution in [2.75, 3.05) is 13.1 Å². The molecule has 4 nitrogen and oxygen atoms in total. The van der Waals surface area contributed by atoms with Crippen LogP contribution >= 0.6 is 0 Å². The summed E-state index contributed by atoms with van der Waals surface area (Å²) in [5.41, 5.74) is 0. The van der Waals surface area contributed by atoms with Gasteiger partial charge in [-0.25, -0.2) is 0 Å². The summed E-state index contributed by atoms with van der Waals surface area (Å²) >= 11 is 0. The SMILES string of the molecule is O=C(/C=C/c1ccco1)N1CCC[C@@H](O)C1. The molecule has 1 aromatic rings. The van der Waals surface area contributed by atoms with Crippen LogP contribution in [0.4, 0.5) is 0 Å². The molecule has 0 spiro atoms. The van der Waals surface area contributed by atoms with E-state index in [-0.39, 0.29) is 12.0 Å². The second kappa shape index (κ2) is 4.99. The van der Waals surface area contributed by atoms with E-state index in [0.29, 0.717) is 12.3 Å². The zero-order valence-corrected chi connectivity index (χ0v) is 9.00. The van der Waals surface area contributed by atoms with Crippen molar-refractivity contribution in [3.63, 3.8) is 0 Å². The Balaban J connectivity index is 1.92. The number of carbonyl (C=O) groups excluding carboxylic acids is 1. The van der Waals surface area contributed by atoms with Crippen molar-refractivity contribution >= 4 is 12.0 Å². The molecule has 16 heavy (non-hydrogen) atoms. The summed E-state index contributed by atoms with van der Waals surface area (Å²) in [5, 5.41) is 9.44. The number of likely N-dealkylation sites (tertiary alicyclic amines) is 1. The van der Waals surface area contributed by atoms with Crippen LogP contribution in [-0.2, 0) is 4.79 Å². The molecule has 4 heteroatoms. The molecule has 1 aliphatic heterocycles. The maximum absolute atomic E-state index is 11.7. The fourth-order valence-corrected chi connectivity index (χ4v) is 1.80. The molecule has 1 N–H and O–H groups in total. The van der Waals surface area contributed by atoms with Gasteiger partial charge in [0.2, 0.25) is 5.91 Å². The summed E-state index contributed by atoms with van der Waals surface area (Å²) in [5.74, 6) is 0.584. The van der Waals surface area contributed by atoms with Crippen LogP contribution in [0, 0.1) is 0 Å². The van der Waals surface area contributed by atoms with Gasteiger partial charge >= 0.3 is 0 Å². The van der Waals surface area contributed by atoms with E-state index < -0.39 is 0 Å². The molecule has 86 valence electrons. The van der Waals surface area contributed by atoms with E-state index in [4.69, 9.17) is 4.42 Å². The van der Waals surface area contributed by atoms with Gasteiger partial charge in [0, 0.05) is 19.2 Å². The number of aliphatic hydroxyl groups excluding tert-OH is 1. The molecule has 0 aromatic carbocycles. The smallest absolute Gasteiger partial charge is 0.246 e. The van der Waals surface area contributed by atoms with Crippen molar-refractivity contribution in [2.24, 2.45) is 0 Å². The highest BCUT2D eigenvalue weighted by Gasteiger charge is 2.20. The van der Waals surface area contributed by atoms with Gasteiger partial charge in [0.25, 0.3) is 0 Å². The lowest BCUT2D eigenvalue weighted by Crippen LogP contribution is -2.41. The average molecular weight is 221 g/mol. The number of β-amino-alcohol motifs (C(OH)–C–C–N with tert-alkyl or cyclic N) is 1. The van der Waals surface area contributed by atoms with Gasteiger partial charge in [0.1, 0.15) is 5.76 Å². The van der Waals surface area contributed by atoms with Crippen LogP contribution in [0.2, 0.25) is 0 Å². The first-order valence-corrected chi connectivity index (χ1v) is 5.44. The quantitative estimate of drug-likeness (QED) is 0.765. The average Bonchev–Trinajstić information content (AvgIpc) is 2.78. The Morgan fingerprint density at radius 3 is 3.19 bits per heavy atom. The predicted molar refractivity (Wildman–Crippen MR) is 59.6 cm³/mol. The van der Waals surface area contributed by atoms with Gasteiger partial charge in [-0.05, 0) is 31.1 Å². The second-order valence-electron chi connectivity index (χ2n) is 3.93. The van der Waals surface area contributed by atoms with Crippen LogP contribution in [0.3, 0.4) is 0 Å². The predicted octanol–water partition coefficient (Wildman–Crippen LogP) is 1.28. The molecule has 1 amide bonds. The molecule has 0 aliphatic carbocycles. The summed E-state index contributed by atoms with van der Waals surface area (Å²) in [6.45, 7) is 1.15. The van der Waals surface area contributed by atoms with E-state index >= 15 is 0 Å². The molecule has 2 heterocycles. The van der Waals surface area contributed by atoms with E-state index in [1.165, 1.54) is 6.08 Å². The third-order valence-electron chi connectivity index (χ3n) is 2.64. The molecule has 0 unspecified atom stereocenters. The number of carbonyl (C=O) groups is 1. The van der Waals surface area contributed by atoms with Crippen LogP contribution in [0.15, 0.2) is 28.9 Å².